The van der Waals surface area contributed by atoms with E-state index in [1.165, 1.54) is 29.5 Å². The van der Waals surface area contributed by atoms with Crippen molar-refractivity contribution in [1.82, 2.24) is 0 Å². The minimum atomic E-state index is -0.493. The lowest BCUT2D eigenvalue weighted by Crippen LogP contribution is -2.11. The number of anilines is 2. The van der Waals surface area contributed by atoms with Gasteiger partial charge in [-0.2, -0.15) is 0 Å². The van der Waals surface area contributed by atoms with E-state index in [-0.39, 0.29) is 11.6 Å². The predicted molar refractivity (Wildman–Crippen MR) is 75.8 cm³/mol. The highest BCUT2D eigenvalue weighted by atomic mass is 127. The van der Waals surface area contributed by atoms with Gasteiger partial charge in [0.1, 0.15) is 5.82 Å². The van der Waals surface area contributed by atoms with Gasteiger partial charge in [0.25, 0.3) is 5.91 Å². The number of halogens is 2. The van der Waals surface area contributed by atoms with E-state index in [2.05, 4.69) is 27.9 Å². The van der Waals surface area contributed by atoms with Crippen LogP contribution in [0.2, 0.25) is 0 Å². The number of hydrogen-bond acceptors (Lipinski definition) is 3. The van der Waals surface area contributed by atoms with Crippen molar-refractivity contribution in [2.24, 2.45) is 0 Å². The zero-order valence-corrected chi connectivity index (χ0v) is 11.5. The van der Waals surface area contributed by atoms with Crippen LogP contribution in [0.25, 0.3) is 0 Å². The van der Waals surface area contributed by atoms with Crippen molar-refractivity contribution in [1.29, 1.82) is 0 Å². The quantitative estimate of drug-likeness (QED) is 0.636. The predicted octanol–water partition coefficient (Wildman–Crippen LogP) is 3.33. The summed E-state index contributed by atoms with van der Waals surface area (Å²) in [6, 6.07) is 5.88. The molecule has 2 aromatic rings. The molecule has 1 aromatic carbocycles. The fourth-order valence-electron chi connectivity index (χ4n) is 1.25. The Morgan fingerprint density at radius 3 is 2.76 bits per heavy atom. The monoisotopic (exact) mass is 362 g/mol. The van der Waals surface area contributed by atoms with Crippen LogP contribution in [0, 0.1) is 8.70 Å². The van der Waals surface area contributed by atoms with Crippen molar-refractivity contribution in [2.45, 2.75) is 0 Å². The van der Waals surface area contributed by atoms with E-state index in [0.29, 0.717) is 11.3 Å². The zero-order chi connectivity index (χ0) is 12.4. The van der Waals surface area contributed by atoms with Gasteiger partial charge in [0, 0.05) is 11.1 Å². The van der Waals surface area contributed by atoms with Crippen LogP contribution >= 0.6 is 33.9 Å². The van der Waals surface area contributed by atoms with E-state index in [1.807, 2.05) is 0 Å². The number of benzene rings is 1. The van der Waals surface area contributed by atoms with Gasteiger partial charge < -0.3 is 11.1 Å². The summed E-state index contributed by atoms with van der Waals surface area (Å²) in [5.41, 5.74) is 6.50. The molecule has 0 saturated heterocycles. The highest BCUT2D eigenvalue weighted by molar-refractivity contribution is 14.1. The Hall–Kier alpha value is -1.15. The number of hydrogen-bond donors (Lipinski definition) is 2. The molecule has 6 heteroatoms. The smallest absolute Gasteiger partial charge is 0.256 e. The number of carbonyl (C=O) groups excluding carboxylic acids is 1. The number of nitrogens with two attached hydrogens (primary N) is 1. The second-order valence-electron chi connectivity index (χ2n) is 3.33. The SMILES string of the molecule is Nc1cc(NC(=O)c2csc(I)c2)ccc1F. The van der Waals surface area contributed by atoms with E-state index in [0.717, 1.165) is 2.88 Å². The molecule has 0 fully saturated rings. The number of carbonyl (C=O) groups is 1. The molecule has 17 heavy (non-hydrogen) atoms. The van der Waals surface area contributed by atoms with E-state index in [4.69, 9.17) is 5.73 Å². The average Bonchev–Trinajstić information content (AvgIpc) is 2.70. The molecule has 0 aliphatic carbocycles. The van der Waals surface area contributed by atoms with Crippen molar-refractivity contribution in [3.05, 3.63) is 43.9 Å². The molecule has 0 bridgehead atoms. The van der Waals surface area contributed by atoms with Gasteiger partial charge in [0.2, 0.25) is 0 Å². The fourth-order valence-corrected chi connectivity index (χ4v) is 2.58. The minimum Gasteiger partial charge on any atom is -0.396 e. The van der Waals surface area contributed by atoms with Crippen LogP contribution in [0.15, 0.2) is 29.6 Å². The van der Waals surface area contributed by atoms with Gasteiger partial charge in [0.05, 0.1) is 14.1 Å². The summed E-state index contributed by atoms with van der Waals surface area (Å²) in [5, 5.41) is 4.43. The molecular weight excluding hydrogens is 354 g/mol. The fraction of sp³-hybridized carbons (Fsp3) is 0. The third-order valence-electron chi connectivity index (χ3n) is 2.08. The molecule has 2 rings (SSSR count). The van der Waals surface area contributed by atoms with Gasteiger partial charge in [-0.25, -0.2) is 4.39 Å². The molecule has 0 spiro atoms. The zero-order valence-electron chi connectivity index (χ0n) is 8.54. The molecular formula is C11H8FIN2OS. The van der Waals surface area contributed by atoms with Gasteiger partial charge in [-0.15, -0.1) is 11.3 Å². The van der Waals surface area contributed by atoms with Crippen molar-refractivity contribution in [2.75, 3.05) is 11.1 Å². The van der Waals surface area contributed by atoms with Crippen molar-refractivity contribution in [3.8, 4) is 0 Å². The maximum Gasteiger partial charge on any atom is 0.256 e. The van der Waals surface area contributed by atoms with Crippen molar-refractivity contribution in [3.63, 3.8) is 0 Å². The Kier molecular flexibility index (Phi) is 3.63. The van der Waals surface area contributed by atoms with Crippen LogP contribution in [0.1, 0.15) is 10.4 Å². The van der Waals surface area contributed by atoms with Gasteiger partial charge in [-0.1, -0.05) is 0 Å². The number of thiophene rings is 1. The second kappa shape index (κ2) is 5.01. The molecule has 1 amide bonds. The van der Waals surface area contributed by atoms with Crippen LogP contribution in [-0.4, -0.2) is 5.91 Å². The molecule has 88 valence electrons. The first-order chi connectivity index (χ1) is 8.06. The van der Waals surface area contributed by atoms with Gasteiger partial charge >= 0.3 is 0 Å². The molecule has 0 atom stereocenters. The molecule has 0 aliphatic rings. The number of rotatable bonds is 2. The number of amides is 1. The Morgan fingerprint density at radius 1 is 1.41 bits per heavy atom. The van der Waals surface area contributed by atoms with E-state index in [9.17, 15) is 9.18 Å². The standard InChI is InChI=1S/C11H8FIN2OS/c12-8-2-1-7(4-9(8)14)15-11(16)6-3-10(13)17-5-6/h1-5H,14H2,(H,15,16). The average molecular weight is 362 g/mol. The van der Waals surface area contributed by atoms with Gasteiger partial charge in [-0.3, -0.25) is 4.79 Å². The number of nitrogen functional groups attached to an aromatic ring is 1. The Bertz CT molecular complexity index is 570. The van der Waals surface area contributed by atoms with Crippen molar-refractivity contribution < 1.29 is 9.18 Å². The van der Waals surface area contributed by atoms with Gasteiger partial charge in [0.15, 0.2) is 0 Å². The molecule has 3 nitrogen and oxygen atoms in total. The Morgan fingerprint density at radius 2 is 2.18 bits per heavy atom. The molecule has 1 heterocycles. The first-order valence-corrected chi connectivity index (χ1v) is 6.62. The van der Waals surface area contributed by atoms with Crippen LogP contribution in [-0.2, 0) is 0 Å². The molecule has 1 aromatic heterocycles. The highest BCUT2D eigenvalue weighted by Crippen LogP contribution is 2.20. The van der Waals surface area contributed by atoms with E-state index >= 15 is 0 Å². The number of nitrogens with one attached hydrogen (secondary N) is 1. The summed E-state index contributed by atoms with van der Waals surface area (Å²) in [6.45, 7) is 0. The van der Waals surface area contributed by atoms with Crippen LogP contribution in [0.5, 0.6) is 0 Å². The Balaban J connectivity index is 2.15. The lowest BCUT2D eigenvalue weighted by Gasteiger charge is -2.05. The highest BCUT2D eigenvalue weighted by Gasteiger charge is 2.09. The maximum absolute atomic E-state index is 12.9. The lowest BCUT2D eigenvalue weighted by molar-refractivity contribution is 0.102. The molecule has 0 saturated carbocycles. The van der Waals surface area contributed by atoms with Crippen LogP contribution in [0.4, 0.5) is 15.8 Å². The third kappa shape index (κ3) is 2.95. The molecule has 0 radical (unpaired) electrons. The summed E-state index contributed by atoms with van der Waals surface area (Å²) >= 11 is 3.63. The summed E-state index contributed by atoms with van der Waals surface area (Å²) in [5.74, 6) is -0.719. The van der Waals surface area contributed by atoms with E-state index < -0.39 is 5.82 Å². The van der Waals surface area contributed by atoms with Gasteiger partial charge in [-0.05, 0) is 46.9 Å². The minimum absolute atomic E-state index is 0.0164. The molecule has 0 aliphatic heterocycles. The first-order valence-electron chi connectivity index (χ1n) is 4.66. The van der Waals surface area contributed by atoms with E-state index in [1.54, 1.807) is 11.4 Å². The summed E-state index contributed by atoms with van der Waals surface area (Å²) in [6.07, 6.45) is 0. The van der Waals surface area contributed by atoms with Crippen LogP contribution < -0.4 is 11.1 Å². The second-order valence-corrected chi connectivity index (χ2v) is 6.14. The summed E-state index contributed by atoms with van der Waals surface area (Å²) in [4.78, 5) is 11.8. The van der Waals surface area contributed by atoms with Crippen molar-refractivity contribution >= 4 is 51.2 Å². The lowest BCUT2D eigenvalue weighted by atomic mass is 10.2. The Labute approximate surface area is 115 Å². The maximum atomic E-state index is 12.9. The summed E-state index contributed by atoms with van der Waals surface area (Å²) in [7, 11) is 0. The normalized spacial score (nSPS) is 10.2. The van der Waals surface area contributed by atoms with Crippen LogP contribution in [0.3, 0.4) is 0 Å². The summed E-state index contributed by atoms with van der Waals surface area (Å²) < 4.78 is 14.0. The largest absolute Gasteiger partial charge is 0.396 e. The first kappa shape index (κ1) is 12.3. The topological polar surface area (TPSA) is 55.1 Å². The molecule has 3 N–H and O–H groups in total. The molecule has 0 unspecified atom stereocenters. The third-order valence-corrected chi connectivity index (χ3v) is 3.87.